The highest BCUT2D eigenvalue weighted by Gasteiger charge is 2.09. The highest BCUT2D eigenvalue weighted by Crippen LogP contribution is 2.31. The summed E-state index contributed by atoms with van der Waals surface area (Å²) < 4.78 is 10.8. The lowest BCUT2D eigenvalue weighted by Gasteiger charge is -2.05. The van der Waals surface area contributed by atoms with Crippen LogP contribution in [-0.4, -0.2) is 18.3 Å². The number of benzene rings is 1. The van der Waals surface area contributed by atoms with Gasteiger partial charge in [0.1, 0.15) is 17.3 Å². The Hall–Kier alpha value is -1.45. The van der Waals surface area contributed by atoms with E-state index in [9.17, 15) is 5.11 Å². The third kappa shape index (κ3) is 2.86. The van der Waals surface area contributed by atoms with Gasteiger partial charge in [-0.1, -0.05) is 11.6 Å². The molecule has 0 saturated carbocycles. The van der Waals surface area contributed by atoms with E-state index in [0.29, 0.717) is 17.2 Å². The first-order valence-corrected chi connectivity index (χ1v) is 6.08. The summed E-state index contributed by atoms with van der Waals surface area (Å²) in [7, 11) is 1.58. The molecule has 1 aromatic carbocycles. The van der Waals surface area contributed by atoms with Crippen LogP contribution in [0.4, 0.5) is 0 Å². The molecule has 1 heterocycles. The molecule has 1 N–H and O–H groups in total. The lowest BCUT2D eigenvalue weighted by atomic mass is 10.1. The quantitative estimate of drug-likeness (QED) is 0.921. The van der Waals surface area contributed by atoms with Gasteiger partial charge in [0.15, 0.2) is 0 Å². The summed E-state index contributed by atoms with van der Waals surface area (Å²) in [6.07, 6.45) is 0.0915. The SMILES string of the molecule is COc1cc(-c2ccc(CC(C)O)o2)ccc1Cl. The number of rotatable bonds is 4. The Labute approximate surface area is 111 Å². The molecule has 2 rings (SSSR count). The zero-order valence-electron chi connectivity index (χ0n) is 10.3. The molecule has 0 amide bonds. The lowest BCUT2D eigenvalue weighted by Crippen LogP contribution is -2.02. The number of aliphatic hydroxyl groups is 1. The van der Waals surface area contributed by atoms with E-state index in [0.717, 1.165) is 17.1 Å². The molecular weight excluding hydrogens is 252 g/mol. The van der Waals surface area contributed by atoms with Gasteiger partial charge in [-0.3, -0.25) is 0 Å². The summed E-state index contributed by atoms with van der Waals surface area (Å²) in [6.45, 7) is 1.73. The minimum absolute atomic E-state index is 0.413. The standard InChI is InChI=1S/C14H15ClO3/c1-9(16)7-11-4-6-13(18-11)10-3-5-12(15)14(8-10)17-2/h3-6,8-9,16H,7H2,1-2H3. The van der Waals surface area contributed by atoms with Crippen LogP contribution in [0.3, 0.4) is 0 Å². The molecule has 0 spiro atoms. The minimum atomic E-state index is -0.413. The second-order valence-electron chi connectivity index (χ2n) is 4.17. The summed E-state index contributed by atoms with van der Waals surface area (Å²) >= 11 is 5.97. The van der Waals surface area contributed by atoms with E-state index in [-0.39, 0.29) is 0 Å². The maximum atomic E-state index is 9.31. The molecule has 0 fully saturated rings. The molecule has 0 bridgehead atoms. The highest BCUT2D eigenvalue weighted by molar-refractivity contribution is 6.32. The molecule has 0 aliphatic rings. The average molecular weight is 267 g/mol. The van der Waals surface area contributed by atoms with Crippen LogP contribution in [-0.2, 0) is 6.42 Å². The van der Waals surface area contributed by atoms with Gasteiger partial charge in [-0.05, 0) is 37.3 Å². The molecule has 18 heavy (non-hydrogen) atoms. The van der Waals surface area contributed by atoms with Crippen molar-refractivity contribution in [2.24, 2.45) is 0 Å². The monoisotopic (exact) mass is 266 g/mol. The molecular formula is C14H15ClO3. The average Bonchev–Trinajstić information content (AvgIpc) is 2.77. The van der Waals surface area contributed by atoms with Crippen molar-refractivity contribution >= 4 is 11.6 Å². The topological polar surface area (TPSA) is 42.6 Å². The van der Waals surface area contributed by atoms with Crippen molar-refractivity contribution in [3.05, 3.63) is 41.1 Å². The largest absolute Gasteiger partial charge is 0.495 e. The van der Waals surface area contributed by atoms with Crippen molar-refractivity contribution in [2.75, 3.05) is 7.11 Å². The molecule has 96 valence electrons. The van der Waals surface area contributed by atoms with E-state index in [1.54, 1.807) is 20.1 Å². The molecule has 2 aromatic rings. The summed E-state index contributed by atoms with van der Waals surface area (Å²) in [5, 5.41) is 9.87. The van der Waals surface area contributed by atoms with Crippen LogP contribution in [0.25, 0.3) is 11.3 Å². The molecule has 1 aromatic heterocycles. The first-order valence-electron chi connectivity index (χ1n) is 5.71. The van der Waals surface area contributed by atoms with Crippen molar-refractivity contribution in [1.29, 1.82) is 0 Å². The summed E-state index contributed by atoms with van der Waals surface area (Å²) in [5.74, 6) is 2.11. The number of hydrogen-bond donors (Lipinski definition) is 1. The van der Waals surface area contributed by atoms with Crippen LogP contribution in [0.5, 0.6) is 5.75 Å². The smallest absolute Gasteiger partial charge is 0.138 e. The molecule has 3 nitrogen and oxygen atoms in total. The molecule has 1 atom stereocenters. The first-order chi connectivity index (χ1) is 8.60. The molecule has 0 radical (unpaired) electrons. The Morgan fingerprint density at radius 3 is 2.78 bits per heavy atom. The fourth-order valence-electron chi connectivity index (χ4n) is 1.75. The number of ether oxygens (including phenoxy) is 1. The summed E-state index contributed by atoms with van der Waals surface area (Å²) in [4.78, 5) is 0. The van der Waals surface area contributed by atoms with Gasteiger partial charge < -0.3 is 14.3 Å². The van der Waals surface area contributed by atoms with Crippen LogP contribution in [0.1, 0.15) is 12.7 Å². The van der Waals surface area contributed by atoms with Gasteiger partial charge >= 0.3 is 0 Å². The number of furan rings is 1. The highest BCUT2D eigenvalue weighted by atomic mass is 35.5. The van der Waals surface area contributed by atoms with Crippen molar-refractivity contribution in [1.82, 2.24) is 0 Å². The van der Waals surface area contributed by atoms with E-state index < -0.39 is 6.10 Å². The number of methoxy groups -OCH3 is 1. The Morgan fingerprint density at radius 1 is 1.33 bits per heavy atom. The van der Waals surface area contributed by atoms with Crippen LogP contribution in [0.15, 0.2) is 34.7 Å². The zero-order chi connectivity index (χ0) is 13.1. The Balaban J connectivity index is 2.28. The van der Waals surface area contributed by atoms with Gasteiger partial charge in [0, 0.05) is 12.0 Å². The summed E-state index contributed by atoms with van der Waals surface area (Å²) in [5.41, 5.74) is 0.896. The predicted molar refractivity (Wildman–Crippen MR) is 71.1 cm³/mol. The maximum absolute atomic E-state index is 9.31. The van der Waals surface area contributed by atoms with Gasteiger partial charge in [-0.25, -0.2) is 0 Å². The summed E-state index contributed by atoms with van der Waals surface area (Å²) in [6, 6.07) is 9.21. The van der Waals surface area contributed by atoms with Crippen LogP contribution < -0.4 is 4.74 Å². The molecule has 4 heteroatoms. The van der Waals surface area contributed by atoms with E-state index >= 15 is 0 Å². The maximum Gasteiger partial charge on any atom is 0.138 e. The zero-order valence-corrected chi connectivity index (χ0v) is 11.1. The van der Waals surface area contributed by atoms with Crippen molar-refractivity contribution in [3.63, 3.8) is 0 Å². The molecule has 0 aliphatic carbocycles. The predicted octanol–water partition coefficient (Wildman–Crippen LogP) is 3.53. The van der Waals surface area contributed by atoms with E-state index in [4.69, 9.17) is 20.8 Å². The second-order valence-corrected chi connectivity index (χ2v) is 4.58. The van der Waals surface area contributed by atoms with Crippen molar-refractivity contribution < 1.29 is 14.3 Å². The fraction of sp³-hybridized carbons (Fsp3) is 0.286. The number of aliphatic hydroxyl groups excluding tert-OH is 1. The van der Waals surface area contributed by atoms with Crippen molar-refractivity contribution in [2.45, 2.75) is 19.4 Å². The fourth-order valence-corrected chi connectivity index (χ4v) is 1.94. The molecule has 0 aliphatic heterocycles. The van der Waals surface area contributed by atoms with Crippen LogP contribution >= 0.6 is 11.6 Å². The molecule has 1 unspecified atom stereocenters. The van der Waals surface area contributed by atoms with Gasteiger partial charge in [0.25, 0.3) is 0 Å². The van der Waals surface area contributed by atoms with Gasteiger partial charge in [-0.2, -0.15) is 0 Å². The van der Waals surface area contributed by atoms with E-state index in [1.165, 1.54) is 0 Å². The second kappa shape index (κ2) is 5.46. The number of halogens is 1. The van der Waals surface area contributed by atoms with Crippen molar-refractivity contribution in [3.8, 4) is 17.1 Å². The normalized spacial score (nSPS) is 12.4. The first kappa shape index (κ1) is 13.0. The Bertz CT molecular complexity index is 532. The van der Waals surface area contributed by atoms with E-state index in [2.05, 4.69) is 0 Å². The Morgan fingerprint density at radius 2 is 2.11 bits per heavy atom. The number of hydrogen-bond acceptors (Lipinski definition) is 3. The lowest BCUT2D eigenvalue weighted by molar-refractivity contribution is 0.187. The van der Waals surface area contributed by atoms with E-state index in [1.807, 2.05) is 24.3 Å². The van der Waals surface area contributed by atoms with Gasteiger partial charge in [0.05, 0.1) is 18.2 Å². The third-order valence-corrected chi connectivity index (χ3v) is 2.91. The van der Waals surface area contributed by atoms with Gasteiger partial charge in [0.2, 0.25) is 0 Å². The minimum Gasteiger partial charge on any atom is -0.495 e. The van der Waals surface area contributed by atoms with Crippen LogP contribution in [0, 0.1) is 0 Å². The third-order valence-electron chi connectivity index (χ3n) is 2.59. The van der Waals surface area contributed by atoms with Gasteiger partial charge in [-0.15, -0.1) is 0 Å². The Kier molecular flexibility index (Phi) is 3.94. The molecule has 0 saturated heterocycles. The van der Waals surface area contributed by atoms with Crippen LogP contribution in [0.2, 0.25) is 5.02 Å².